The van der Waals surface area contributed by atoms with Gasteiger partial charge in [-0.3, -0.25) is 4.79 Å². The summed E-state index contributed by atoms with van der Waals surface area (Å²) in [6.07, 6.45) is 3.68. The van der Waals surface area contributed by atoms with E-state index in [0.29, 0.717) is 5.41 Å². The second-order valence-electron chi connectivity index (χ2n) is 5.77. The molecule has 1 atom stereocenters. The molecule has 98 valence electrons. The molecule has 2 rings (SSSR count). The van der Waals surface area contributed by atoms with Gasteiger partial charge in [0.15, 0.2) is 0 Å². The Hall–Kier alpha value is -1.35. The van der Waals surface area contributed by atoms with Gasteiger partial charge in [0, 0.05) is 6.54 Å². The summed E-state index contributed by atoms with van der Waals surface area (Å²) in [7, 11) is 0. The maximum atomic E-state index is 12.0. The molecule has 0 aromatic heterocycles. The summed E-state index contributed by atoms with van der Waals surface area (Å²) < 4.78 is 0. The highest BCUT2D eigenvalue weighted by Crippen LogP contribution is 2.39. The van der Waals surface area contributed by atoms with Crippen LogP contribution in [0.4, 0.5) is 0 Å². The molecule has 1 unspecified atom stereocenters. The molecule has 0 aliphatic heterocycles. The van der Waals surface area contributed by atoms with E-state index >= 15 is 0 Å². The molecule has 3 nitrogen and oxygen atoms in total. The standard InChI is InChI=1S/C15H22N2O/c1-11-4-6-12(7-5-11)13(16)14(18)17-10-15(2)8-3-9-15/h4-7,13H,3,8-10,16H2,1-2H3,(H,17,18). The van der Waals surface area contributed by atoms with Gasteiger partial charge >= 0.3 is 0 Å². The summed E-state index contributed by atoms with van der Waals surface area (Å²) in [4.78, 5) is 12.0. The number of nitrogens with two attached hydrogens (primary N) is 1. The van der Waals surface area contributed by atoms with Gasteiger partial charge in [0.2, 0.25) is 5.91 Å². The number of aryl methyl sites for hydroxylation is 1. The predicted molar refractivity (Wildman–Crippen MR) is 73.1 cm³/mol. The van der Waals surface area contributed by atoms with Crippen LogP contribution in [0, 0.1) is 12.3 Å². The fourth-order valence-corrected chi connectivity index (χ4v) is 2.29. The molecular formula is C15H22N2O. The van der Waals surface area contributed by atoms with Crippen molar-refractivity contribution in [2.75, 3.05) is 6.54 Å². The number of carbonyl (C=O) groups excluding carboxylic acids is 1. The fraction of sp³-hybridized carbons (Fsp3) is 0.533. The molecule has 1 saturated carbocycles. The zero-order chi connectivity index (χ0) is 13.2. The molecule has 1 fully saturated rings. The zero-order valence-electron chi connectivity index (χ0n) is 11.2. The van der Waals surface area contributed by atoms with Crippen molar-refractivity contribution in [3.8, 4) is 0 Å². The Balaban J connectivity index is 1.90. The minimum atomic E-state index is -0.561. The second kappa shape index (κ2) is 5.11. The van der Waals surface area contributed by atoms with Crippen molar-refractivity contribution in [2.45, 2.75) is 39.2 Å². The highest BCUT2D eigenvalue weighted by molar-refractivity contribution is 5.82. The third-order valence-corrected chi connectivity index (χ3v) is 3.97. The minimum absolute atomic E-state index is 0.0769. The average Bonchev–Trinajstić information content (AvgIpc) is 2.33. The number of rotatable bonds is 4. The lowest BCUT2D eigenvalue weighted by molar-refractivity contribution is -0.123. The van der Waals surface area contributed by atoms with Crippen LogP contribution in [0.2, 0.25) is 0 Å². The van der Waals surface area contributed by atoms with Crippen molar-refractivity contribution in [3.63, 3.8) is 0 Å². The van der Waals surface area contributed by atoms with E-state index in [9.17, 15) is 4.79 Å². The molecule has 1 amide bonds. The van der Waals surface area contributed by atoms with E-state index in [4.69, 9.17) is 5.73 Å². The molecular weight excluding hydrogens is 224 g/mol. The van der Waals surface area contributed by atoms with Crippen LogP contribution >= 0.6 is 0 Å². The lowest BCUT2D eigenvalue weighted by Gasteiger charge is -2.38. The molecule has 1 aromatic rings. The molecule has 0 saturated heterocycles. The van der Waals surface area contributed by atoms with Gasteiger partial charge in [-0.2, -0.15) is 0 Å². The van der Waals surface area contributed by atoms with Crippen molar-refractivity contribution in [3.05, 3.63) is 35.4 Å². The van der Waals surface area contributed by atoms with Crippen LogP contribution in [-0.4, -0.2) is 12.5 Å². The normalized spacial score (nSPS) is 18.8. The smallest absolute Gasteiger partial charge is 0.241 e. The minimum Gasteiger partial charge on any atom is -0.354 e. The van der Waals surface area contributed by atoms with Gasteiger partial charge in [-0.1, -0.05) is 43.2 Å². The molecule has 3 heteroatoms. The van der Waals surface area contributed by atoms with Crippen molar-refractivity contribution >= 4 is 5.91 Å². The Morgan fingerprint density at radius 1 is 1.39 bits per heavy atom. The van der Waals surface area contributed by atoms with E-state index in [1.165, 1.54) is 24.8 Å². The summed E-state index contributed by atoms with van der Waals surface area (Å²) >= 11 is 0. The molecule has 0 heterocycles. The molecule has 1 aliphatic rings. The molecule has 1 aromatic carbocycles. The van der Waals surface area contributed by atoms with Crippen LogP contribution in [0.15, 0.2) is 24.3 Å². The van der Waals surface area contributed by atoms with Crippen molar-refractivity contribution in [1.82, 2.24) is 5.32 Å². The topological polar surface area (TPSA) is 55.1 Å². The summed E-state index contributed by atoms with van der Waals surface area (Å²) in [6, 6.07) is 7.25. The van der Waals surface area contributed by atoms with E-state index in [1.807, 2.05) is 31.2 Å². The van der Waals surface area contributed by atoms with Gasteiger partial charge < -0.3 is 11.1 Å². The Bertz CT molecular complexity index is 421. The molecule has 0 radical (unpaired) electrons. The van der Waals surface area contributed by atoms with Crippen molar-refractivity contribution in [2.24, 2.45) is 11.1 Å². The highest BCUT2D eigenvalue weighted by atomic mass is 16.2. The summed E-state index contributed by atoms with van der Waals surface area (Å²) in [5.41, 5.74) is 8.31. The van der Waals surface area contributed by atoms with Crippen LogP contribution in [0.5, 0.6) is 0 Å². The van der Waals surface area contributed by atoms with Gasteiger partial charge in [-0.25, -0.2) is 0 Å². The zero-order valence-corrected chi connectivity index (χ0v) is 11.2. The average molecular weight is 246 g/mol. The number of hydrogen-bond donors (Lipinski definition) is 2. The lowest BCUT2D eigenvalue weighted by atomic mass is 9.70. The first kappa shape index (κ1) is 13.1. The Morgan fingerprint density at radius 2 is 2.00 bits per heavy atom. The van der Waals surface area contributed by atoms with Crippen LogP contribution in [-0.2, 0) is 4.79 Å². The van der Waals surface area contributed by atoms with Gasteiger partial charge in [0.1, 0.15) is 6.04 Å². The Morgan fingerprint density at radius 3 is 2.50 bits per heavy atom. The van der Waals surface area contributed by atoms with Crippen LogP contribution in [0.25, 0.3) is 0 Å². The number of hydrogen-bond acceptors (Lipinski definition) is 2. The summed E-state index contributed by atoms with van der Waals surface area (Å²) in [5.74, 6) is -0.0769. The largest absolute Gasteiger partial charge is 0.354 e. The number of nitrogens with one attached hydrogen (secondary N) is 1. The predicted octanol–water partition coefficient (Wildman–Crippen LogP) is 2.30. The monoisotopic (exact) mass is 246 g/mol. The first-order valence-electron chi connectivity index (χ1n) is 6.60. The first-order valence-corrected chi connectivity index (χ1v) is 6.60. The first-order chi connectivity index (χ1) is 8.50. The SMILES string of the molecule is Cc1ccc(C(N)C(=O)NCC2(C)CCC2)cc1. The third kappa shape index (κ3) is 2.91. The van der Waals surface area contributed by atoms with E-state index in [2.05, 4.69) is 12.2 Å². The summed E-state index contributed by atoms with van der Waals surface area (Å²) in [5, 5.41) is 2.97. The van der Waals surface area contributed by atoms with Crippen LogP contribution in [0.3, 0.4) is 0 Å². The summed E-state index contributed by atoms with van der Waals surface area (Å²) in [6.45, 7) is 4.98. The van der Waals surface area contributed by atoms with Crippen LogP contribution < -0.4 is 11.1 Å². The molecule has 0 spiro atoms. The molecule has 0 bridgehead atoms. The fourth-order valence-electron chi connectivity index (χ4n) is 2.29. The number of amides is 1. The number of benzene rings is 1. The molecule has 18 heavy (non-hydrogen) atoms. The van der Waals surface area contributed by atoms with Crippen molar-refractivity contribution < 1.29 is 4.79 Å². The van der Waals surface area contributed by atoms with Gasteiger partial charge in [-0.15, -0.1) is 0 Å². The van der Waals surface area contributed by atoms with E-state index in [0.717, 1.165) is 12.1 Å². The van der Waals surface area contributed by atoms with Gasteiger partial charge in [-0.05, 0) is 30.7 Å². The highest BCUT2D eigenvalue weighted by Gasteiger charge is 2.32. The van der Waals surface area contributed by atoms with Crippen molar-refractivity contribution in [1.29, 1.82) is 0 Å². The van der Waals surface area contributed by atoms with E-state index in [1.54, 1.807) is 0 Å². The third-order valence-electron chi connectivity index (χ3n) is 3.97. The Labute approximate surface area is 109 Å². The number of carbonyl (C=O) groups is 1. The maximum Gasteiger partial charge on any atom is 0.241 e. The maximum absolute atomic E-state index is 12.0. The molecule has 3 N–H and O–H groups in total. The molecule has 1 aliphatic carbocycles. The lowest BCUT2D eigenvalue weighted by Crippen LogP contribution is -2.43. The van der Waals surface area contributed by atoms with Gasteiger partial charge in [0.05, 0.1) is 0 Å². The Kier molecular flexibility index (Phi) is 3.71. The van der Waals surface area contributed by atoms with E-state index in [-0.39, 0.29) is 5.91 Å². The van der Waals surface area contributed by atoms with E-state index < -0.39 is 6.04 Å². The quantitative estimate of drug-likeness (QED) is 0.856. The second-order valence-corrected chi connectivity index (χ2v) is 5.77. The van der Waals surface area contributed by atoms with Gasteiger partial charge in [0.25, 0.3) is 0 Å². The van der Waals surface area contributed by atoms with Crippen LogP contribution in [0.1, 0.15) is 43.4 Å².